The van der Waals surface area contributed by atoms with Crippen molar-refractivity contribution in [2.45, 2.75) is 82.6 Å². The van der Waals surface area contributed by atoms with Crippen molar-refractivity contribution in [2.75, 3.05) is 7.11 Å². The molecule has 0 amide bonds. The summed E-state index contributed by atoms with van der Waals surface area (Å²) in [6, 6.07) is 7.72. The molecule has 0 radical (unpaired) electrons. The van der Waals surface area contributed by atoms with Gasteiger partial charge in [0, 0.05) is 30.7 Å². The lowest BCUT2D eigenvalue weighted by molar-refractivity contribution is -0.389. The number of carbonyl (C=O) groups excluding carboxylic acids is 1. The molecule has 0 aliphatic rings. The van der Waals surface area contributed by atoms with E-state index in [-0.39, 0.29) is 18.7 Å². The standard InChI is InChI=1S/C29H36ClF3N2O5/c1-20(2)11-9-12-21(3)13-10-16-27(4,30)24(17-22-18-25(34-19-22)35(37)38)40-26(36)28(39-5,29(31,32)33)23-14-7-6-8-15-23/h6-8,11,13-15,18-19,24,34H,9-10,12,16-17H2,1-5H3/b21-13+/t24-,27-,28-/m1/s1. The van der Waals surface area contributed by atoms with Crippen molar-refractivity contribution < 1.29 is 32.4 Å². The lowest BCUT2D eigenvalue weighted by Gasteiger charge is -2.37. The number of alkyl halides is 4. The van der Waals surface area contributed by atoms with Crippen molar-refractivity contribution in [1.29, 1.82) is 0 Å². The van der Waals surface area contributed by atoms with E-state index in [9.17, 15) is 28.1 Å². The number of aromatic nitrogens is 1. The molecule has 2 aromatic rings. The first kappa shape index (κ1) is 33.1. The summed E-state index contributed by atoms with van der Waals surface area (Å²) in [5, 5.41) is 11.1. The minimum atomic E-state index is -5.16. The summed E-state index contributed by atoms with van der Waals surface area (Å²) in [6.45, 7) is 7.60. The van der Waals surface area contributed by atoms with Gasteiger partial charge in [0.15, 0.2) is 0 Å². The van der Waals surface area contributed by atoms with Gasteiger partial charge in [-0.2, -0.15) is 13.2 Å². The zero-order valence-electron chi connectivity index (χ0n) is 23.3. The Morgan fingerprint density at radius 3 is 2.33 bits per heavy atom. The van der Waals surface area contributed by atoms with E-state index in [1.54, 1.807) is 6.92 Å². The van der Waals surface area contributed by atoms with Crippen LogP contribution >= 0.6 is 11.6 Å². The molecule has 1 aromatic carbocycles. The highest BCUT2D eigenvalue weighted by molar-refractivity contribution is 6.24. The minimum absolute atomic E-state index is 0.161. The molecule has 7 nitrogen and oxygen atoms in total. The molecule has 0 bridgehead atoms. The van der Waals surface area contributed by atoms with E-state index in [1.165, 1.54) is 36.0 Å². The van der Waals surface area contributed by atoms with Gasteiger partial charge in [-0.15, -0.1) is 11.6 Å². The first-order valence-electron chi connectivity index (χ1n) is 12.8. The van der Waals surface area contributed by atoms with Gasteiger partial charge in [0.25, 0.3) is 5.60 Å². The fourth-order valence-corrected chi connectivity index (χ4v) is 4.52. The van der Waals surface area contributed by atoms with Crippen LogP contribution in [0.15, 0.2) is 65.9 Å². The number of halogens is 4. The molecule has 3 atom stereocenters. The number of nitrogens with one attached hydrogen (secondary N) is 1. The second-order valence-corrected chi connectivity index (χ2v) is 11.0. The van der Waals surface area contributed by atoms with Crippen LogP contribution in [0.1, 0.15) is 64.5 Å². The number of nitrogens with zero attached hydrogens (tertiary/aromatic N) is 1. The van der Waals surface area contributed by atoms with Crippen LogP contribution in [0.25, 0.3) is 0 Å². The number of hydrogen-bond donors (Lipinski definition) is 1. The summed E-state index contributed by atoms with van der Waals surface area (Å²) in [6.07, 6.45) is 1.33. The van der Waals surface area contributed by atoms with E-state index in [2.05, 4.69) is 11.1 Å². The highest BCUT2D eigenvalue weighted by Crippen LogP contribution is 2.44. The Morgan fingerprint density at radius 1 is 1.15 bits per heavy atom. The Hall–Kier alpha value is -3.11. The Balaban J connectivity index is 2.39. The molecule has 0 aliphatic carbocycles. The number of rotatable bonds is 14. The lowest BCUT2D eigenvalue weighted by atomic mass is 9.90. The highest BCUT2D eigenvalue weighted by atomic mass is 35.5. The SMILES string of the molecule is CO[C@@](C(=O)O[C@H](Cc1c[nH]c([N+](=O)[O-])c1)[C@](C)(Cl)CC/C=C(\C)CCC=C(C)C)(c1ccccc1)C(F)(F)F. The number of carbonyl (C=O) groups is 1. The number of aromatic amines is 1. The first-order valence-corrected chi connectivity index (χ1v) is 13.2. The molecule has 1 N–H and O–H groups in total. The molecule has 0 spiro atoms. The summed E-state index contributed by atoms with van der Waals surface area (Å²) >= 11 is 6.87. The number of esters is 1. The van der Waals surface area contributed by atoms with Crippen molar-refractivity contribution in [2.24, 2.45) is 0 Å². The molecule has 0 aliphatic heterocycles. The van der Waals surface area contributed by atoms with Crippen molar-refractivity contribution in [3.63, 3.8) is 0 Å². The average Bonchev–Trinajstić information content (AvgIpc) is 3.33. The van der Waals surface area contributed by atoms with Crippen molar-refractivity contribution in [1.82, 2.24) is 4.98 Å². The zero-order chi connectivity index (χ0) is 30.1. The zero-order valence-corrected chi connectivity index (χ0v) is 24.1. The van der Waals surface area contributed by atoms with Crippen LogP contribution in [-0.4, -0.2) is 40.1 Å². The van der Waals surface area contributed by atoms with Crippen LogP contribution in [0, 0.1) is 10.1 Å². The summed E-state index contributed by atoms with van der Waals surface area (Å²) in [5.74, 6) is -1.99. The number of methoxy groups -OCH3 is 1. The van der Waals surface area contributed by atoms with Crippen LogP contribution in [0.5, 0.6) is 0 Å². The summed E-state index contributed by atoms with van der Waals surface area (Å²) in [4.78, 5) is 25.1. The van der Waals surface area contributed by atoms with E-state index in [1.807, 2.05) is 26.8 Å². The molecule has 1 aromatic heterocycles. The fraction of sp³-hybridized carbons (Fsp3) is 0.483. The van der Waals surface area contributed by atoms with Gasteiger partial charge in [-0.3, -0.25) is 0 Å². The van der Waals surface area contributed by atoms with Gasteiger partial charge in [-0.25, -0.2) is 9.78 Å². The number of H-pyrrole nitrogens is 1. The average molecular weight is 585 g/mol. The Labute approximate surface area is 237 Å². The fourth-order valence-electron chi connectivity index (χ4n) is 4.29. The second-order valence-electron chi connectivity index (χ2n) is 10.2. The van der Waals surface area contributed by atoms with Gasteiger partial charge in [0.05, 0.1) is 11.1 Å². The van der Waals surface area contributed by atoms with Crippen LogP contribution in [0.3, 0.4) is 0 Å². The maximum absolute atomic E-state index is 14.5. The number of hydrogen-bond acceptors (Lipinski definition) is 5. The predicted molar refractivity (Wildman–Crippen MR) is 148 cm³/mol. The van der Waals surface area contributed by atoms with Crippen LogP contribution in [0.2, 0.25) is 0 Å². The number of benzene rings is 1. The van der Waals surface area contributed by atoms with Gasteiger partial charge in [0.2, 0.25) is 0 Å². The molecule has 0 fully saturated rings. The van der Waals surface area contributed by atoms with Gasteiger partial charge in [0.1, 0.15) is 6.10 Å². The maximum atomic E-state index is 14.5. The van der Waals surface area contributed by atoms with E-state index in [0.29, 0.717) is 12.0 Å². The van der Waals surface area contributed by atoms with Gasteiger partial charge in [-0.1, -0.05) is 53.6 Å². The van der Waals surface area contributed by atoms with Crippen LogP contribution < -0.4 is 0 Å². The summed E-state index contributed by atoms with van der Waals surface area (Å²) in [5.41, 5.74) is -1.15. The van der Waals surface area contributed by atoms with Crippen molar-refractivity contribution >= 4 is 23.4 Å². The number of nitro groups is 1. The Kier molecular flexibility index (Phi) is 11.6. The molecule has 40 heavy (non-hydrogen) atoms. The van der Waals surface area contributed by atoms with E-state index in [0.717, 1.165) is 37.7 Å². The third-order valence-electron chi connectivity index (χ3n) is 6.66. The molecular weight excluding hydrogens is 549 g/mol. The van der Waals surface area contributed by atoms with E-state index in [4.69, 9.17) is 21.1 Å². The number of ether oxygens (including phenoxy) is 2. The van der Waals surface area contributed by atoms with Crippen LogP contribution in [0.4, 0.5) is 19.0 Å². The molecular formula is C29H36ClF3N2O5. The maximum Gasteiger partial charge on any atom is 0.432 e. The molecule has 1 heterocycles. The van der Waals surface area contributed by atoms with E-state index >= 15 is 0 Å². The normalized spacial score (nSPS) is 16.0. The topological polar surface area (TPSA) is 94.5 Å². The second kappa shape index (κ2) is 14.0. The molecule has 0 unspecified atom stereocenters. The summed E-state index contributed by atoms with van der Waals surface area (Å²) in [7, 11) is 0.787. The minimum Gasteiger partial charge on any atom is -0.457 e. The quantitative estimate of drug-likeness (QED) is 0.0799. The molecule has 0 saturated heterocycles. The molecule has 2 rings (SSSR count). The molecule has 11 heteroatoms. The predicted octanol–water partition coefficient (Wildman–Crippen LogP) is 7.95. The smallest absolute Gasteiger partial charge is 0.432 e. The van der Waals surface area contributed by atoms with E-state index < -0.39 is 39.2 Å². The molecule has 220 valence electrons. The largest absolute Gasteiger partial charge is 0.457 e. The third-order valence-corrected chi connectivity index (χ3v) is 7.09. The monoisotopic (exact) mass is 584 g/mol. The third kappa shape index (κ3) is 8.44. The number of allylic oxidation sites excluding steroid dienone is 4. The first-order chi connectivity index (χ1) is 18.6. The van der Waals surface area contributed by atoms with Crippen molar-refractivity contribution in [3.05, 3.63) is 87.1 Å². The van der Waals surface area contributed by atoms with Gasteiger partial charge in [-0.05, 0) is 58.3 Å². The van der Waals surface area contributed by atoms with Crippen LogP contribution in [-0.2, 0) is 26.3 Å². The van der Waals surface area contributed by atoms with Crippen molar-refractivity contribution in [3.8, 4) is 0 Å². The van der Waals surface area contributed by atoms with Gasteiger partial charge < -0.3 is 19.6 Å². The lowest BCUT2D eigenvalue weighted by Crippen LogP contribution is -2.54. The molecule has 0 saturated carbocycles. The van der Waals surface area contributed by atoms with Gasteiger partial charge >= 0.3 is 18.0 Å². The highest BCUT2D eigenvalue weighted by Gasteiger charge is 2.64. The Morgan fingerprint density at radius 2 is 1.80 bits per heavy atom. The Bertz CT molecular complexity index is 1200. The summed E-state index contributed by atoms with van der Waals surface area (Å²) < 4.78 is 53.8.